The summed E-state index contributed by atoms with van der Waals surface area (Å²) in [6.45, 7) is 0. The summed E-state index contributed by atoms with van der Waals surface area (Å²) in [6.07, 6.45) is 3.43. The topological polar surface area (TPSA) is 63.6 Å². The van der Waals surface area contributed by atoms with E-state index in [1.807, 2.05) is 60.1 Å². The molecule has 0 atom stereocenters. The number of nitrogens with one attached hydrogen (secondary N) is 1. The molecule has 5 rings (SSSR count). The maximum absolute atomic E-state index is 12.4. The number of pyridine rings is 2. The third-order valence-electron chi connectivity index (χ3n) is 4.83. The molecule has 0 aliphatic carbocycles. The van der Waals surface area contributed by atoms with E-state index >= 15 is 0 Å². The summed E-state index contributed by atoms with van der Waals surface area (Å²) in [5.41, 5.74) is 6.25. The number of hydrogen-bond donors (Lipinski definition) is 1. The van der Waals surface area contributed by atoms with Gasteiger partial charge in [-0.3, -0.25) is 4.79 Å². The van der Waals surface area contributed by atoms with Crippen LogP contribution in [0.5, 0.6) is 0 Å². The lowest BCUT2D eigenvalue weighted by molar-refractivity contribution is 0.948. The fraction of sp³-hybridized carbons (Fsp3) is 0.0455. The zero-order chi connectivity index (χ0) is 18.4. The Kier molecular flexibility index (Phi) is 3.40. The molecule has 2 aromatic carbocycles. The molecule has 0 fully saturated rings. The smallest absolute Gasteiger partial charge is 0.191 e. The number of aromatic amines is 1. The second-order valence-electron chi connectivity index (χ2n) is 6.55. The lowest BCUT2D eigenvalue weighted by Crippen LogP contribution is -2.03. The molecule has 0 unspecified atom stereocenters. The number of aromatic nitrogens is 4. The molecular formula is C22H16N4O. The van der Waals surface area contributed by atoms with E-state index in [-0.39, 0.29) is 5.43 Å². The van der Waals surface area contributed by atoms with Crippen LogP contribution in [0.3, 0.4) is 0 Å². The van der Waals surface area contributed by atoms with E-state index in [2.05, 4.69) is 16.0 Å². The first kappa shape index (κ1) is 15.5. The Morgan fingerprint density at radius 1 is 0.963 bits per heavy atom. The number of H-pyrrole nitrogens is 1. The highest BCUT2D eigenvalue weighted by molar-refractivity contribution is 5.92. The molecule has 5 nitrogen and oxygen atoms in total. The minimum Gasteiger partial charge on any atom is -0.346 e. The fourth-order valence-corrected chi connectivity index (χ4v) is 3.44. The predicted octanol–water partition coefficient (Wildman–Crippen LogP) is 4.14. The van der Waals surface area contributed by atoms with E-state index in [0.717, 1.165) is 33.4 Å². The van der Waals surface area contributed by atoms with Crippen molar-refractivity contribution in [3.8, 4) is 22.4 Å². The molecule has 0 radical (unpaired) electrons. The Morgan fingerprint density at radius 3 is 2.67 bits per heavy atom. The highest BCUT2D eigenvalue weighted by Gasteiger charge is 2.14. The van der Waals surface area contributed by atoms with Crippen LogP contribution in [0.2, 0.25) is 0 Å². The third-order valence-corrected chi connectivity index (χ3v) is 4.83. The van der Waals surface area contributed by atoms with Crippen LogP contribution in [0.4, 0.5) is 0 Å². The van der Waals surface area contributed by atoms with Crippen molar-refractivity contribution in [2.24, 2.45) is 7.05 Å². The summed E-state index contributed by atoms with van der Waals surface area (Å²) in [7, 11) is 1.97. The summed E-state index contributed by atoms with van der Waals surface area (Å²) in [5, 5.41) is 0.577. The molecule has 0 saturated heterocycles. The van der Waals surface area contributed by atoms with Crippen LogP contribution in [-0.2, 0) is 7.05 Å². The minimum atomic E-state index is -0.0453. The quantitative estimate of drug-likeness (QED) is 0.519. The van der Waals surface area contributed by atoms with Gasteiger partial charge < -0.3 is 9.55 Å². The van der Waals surface area contributed by atoms with Crippen LogP contribution in [0.15, 0.2) is 78.0 Å². The summed E-state index contributed by atoms with van der Waals surface area (Å²) in [4.78, 5) is 24.7. The second kappa shape index (κ2) is 5.92. The maximum atomic E-state index is 12.4. The van der Waals surface area contributed by atoms with Crippen molar-refractivity contribution in [2.45, 2.75) is 0 Å². The summed E-state index contributed by atoms with van der Waals surface area (Å²) in [5.74, 6) is 0. The molecule has 1 N–H and O–H groups in total. The normalized spacial score (nSPS) is 11.3. The minimum absolute atomic E-state index is 0.0453. The number of hydrogen-bond acceptors (Lipinski definition) is 3. The number of aryl methyl sites for hydroxylation is 1. The van der Waals surface area contributed by atoms with Crippen molar-refractivity contribution in [3.63, 3.8) is 0 Å². The first-order chi connectivity index (χ1) is 13.2. The molecular weight excluding hydrogens is 336 g/mol. The van der Waals surface area contributed by atoms with Crippen molar-refractivity contribution >= 4 is 22.1 Å². The Bertz CT molecular complexity index is 1350. The number of rotatable bonds is 2. The average molecular weight is 352 g/mol. The van der Waals surface area contributed by atoms with Crippen LogP contribution in [-0.4, -0.2) is 19.5 Å². The van der Waals surface area contributed by atoms with Gasteiger partial charge in [-0.2, -0.15) is 0 Å². The highest BCUT2D eigenvalue weighted by Crippen LogP contribution is 2.33. The monoisotopic (exact) mass is 352 g/mol. The fourth-order valence-electron chi connectivity index (χ4n) is 3.44. The summed E-state index contributed by atoms with van der Waals surface area (Å²) >= 11 is 0. The van der Waals surface area contributed by atoms with Gasteiger partial charge in [-0.15, -0.1) is 0 Å². The van der Waals surface area contributed by atoms with Crippen LogP contribution in [0, 0.1) is 0 Å². The maximum Gasteiger partial charge on any atom is 0.191 e. The molecule has 0 saturated carbocycles. The van der Waals surface area contributed by atoms with E-state index in [0.29, 0.717) is 11.0 Å². The van der Waals surface area contributed by atoms with Crippen molar-refractivity contribution in [2.75, 3.05) is 0 Å². The van der Waals surface area contributed by atoms with Gasteiger partial charge in [-0.05, 0) is 23.8 Å². The van der Waals surface area contributed by atoms with Gasteiger partial charge in [0, 0.05) is 30.4 Å². The van der Waals surface area contributed by atoms with Gasteiger partial charge >= 0.3 is 0 Å². The van der Waals surface area contributed by atoms with Gasteiger partial charge in [0.25, 0.3) is 0 Å². The van der Waals surface area contributed by atoms with Crippen molar-refractivity contribution in [3.05, 3.63) is 83.4 Å². The SMILES string of the molecule is Cn1cnc2cc(-c3cc4c(=O)cc[nH]c4nc3-c3ccccc3)ccc21. The second-order valence-corrected chi connectivity index (χ2v) is 6.55. The molecule has 5 heteroatoms. The zero-order valence-electron chi connectivity index (χ0n) is 14.7. The van der Waals surface area contributed by atoms with Gasteiger partial charge in [0.1, 0.15) is 5.65 Å². The van der Waals surface area contributed by atoms with Gasteiger partial charge in [0.2, 0.25) is 0 Å². The van der Waals surface area contributed by atoms with Gasteiger partial charge in [-0.1, -0.05) is 36.4 Å². The molecule has 5 aromatic rings. The van der Waals surface area contributed by atoms with E-state index in [1.54, 1.807) is 12.5 Å². The third kappa shape index (κ3) is 2.52. The Labute approximate surface area is 155 Å². The molecule has 3 aromatic heterocycles. The first-order valence-corrected chi connectivity index (χ1v) is 8.70. The Hall–Kier alpha value is -3.73. The predicted molar refractivity (Wildman–Crippen MR) is 108 cm³/mol. The standard InChI is InChI=1S/C22H16N4O/c1-26-13-24-18-11-15(7-8-19(18)26)16-12-17-20(27)9-10-23-22(17)25-21(16)14-5-3-2-4-6-14/h2-13H,1H3,(H,23,25,27). The molecule has 130 valence electrons. The van der Waals surface area contributed by atoms with E-state index in [1.165, 1.54) is 6.07 Å². The summed E-state index contributed by atoms with van der Waals surface area (Å²) in [6, 6.07) is 19.6. The molecule has 0 amide bonds. The number of nitrogens with zero attached hydrogens (tertiary/aromatic N) is 3. The van der Waals surface area contributed by atoms with E-state index < -0.39 is 0 Å². The van der Waals surface area contributed by atoms with Crippen LogP contribution < -0.4 is 5.43 Å². The lowest BCUT2D eigenvalue weighted by atomic mass is 9.97. The number of benzene rings is 2. The largest absolute Gasteiger partial charge is 0.346 e. The van der Waals surface area contributed by atoms with Gasteiger partial charge in [0.05, 0.1) is 28.4 Å². The molecule has 27 heavy (non-hydrogen) atoms. The summed E-state index contributed by atoms with van der Waals surface area (Å²) < 4.78 is 1.99. The molecule has 3 heterocycles. The number of imidazole rings is 1. The van der Waals surface area contributed by atoms with Gasteiger partial charge in [0.15, 0.2) is 5.43 Å². The van der Waals surface area contributed by atoms with E-state index in [4.69, 9.17) is 4.98 Å². The number of fused-ring (bicyclic) bond motifs is 2. The van der Waals surface area contributed by atoms with Crippen LogP contribution in [0.25, 0.3) is 44.5 Å². The zero-order valence-corrected chi connectivity index (χ0v) is 14.7. The van der Waals surface area contributed by atoms with Gasteiger partial charge in [-0.25, -0.2) is 9.97 Å². The molecule has 0 spiro atoms. The molecule has 0 aliphatic rings. The van der Waals surface area contributed by atoms with Crippen molar-refractivity contribution in [1.29, 1.82) is 0 Å². The van der Waals surface area contributed by atoms with Crippen LogP contribution in [0.1, 0.15) is 0 Å². The van der Waals surface area contributed by atoms with E-state index in [9.17, 15) is 4.79 Å². The van der Waals surface area contributed by atoms with Crippen molar-refractivity contribution in [1.82, 2.24) is 19.5 Å². The highest BCUT2D eigenvalue weighted by atomic mass is 16.1. The Morgan fingerprint density at radius 2 is 1.81 bits per heavy atom. The molecule has 0 aliphatic heterocycles. The van der Waals surface area contributed by atoms with Crippen LogP contribution >= 0.6 is 0 Å². The Balaban J connectivity index is 1.85. The first-order valence-electron chi connectivity index (χ1n) is 8.70. The molecule has 0 bridgehead atoms. The lowest BCUT2D eigenvalue weighted by Gasteiger charge is -2.11. The average Bonchev–Trinajstić information content (AvgIpc) is 3.08. The van der Waals surface area contributed by atoms with Crippen molar-refractivity contribution < 1.29 is 0 Å².